The van der Waals surface area contributed by atoms with E-state index in [4.69, 9.17) is 9.88 Å². The van der Waals surface area contributed by atoms with E-state index in [1.165, 1.54) is 16.3 Å². The van der Waals surface area contributed by atoms with Crippen molar-refractivity contribution >= 4 is 27.3 Å². The van der Waals surface area contributed by atoms with Crippen LogP contribution in [-0.4, -0.2) is 46.0 Å². The van der Waals surface area contributed by atoms with E-state index in [1.807, 2.05) is 6.92 Å². The van der Waals surface area contributed by atoms with Crippen LogP contribution in [0.2, 0.25) is 0 Å². The van der Waals surface area contributed by atoms with Crippen molar-refractivity contribution in [2.24, 2.45) is 5.14 Å². The summed E-state index contributed by atoms with van der Waals surface area (Å²) in [6.45, 7) is 3.37. The van der Waals surface area contributed by atoms with Crippen LogP contribution in [0.15, 0.2) is 15.7 Å². The number of sulfonamides is 1. The highest BCUT2D eigenvalue weighted by Gasteiger charge is 2.17. The molecule has 8 heteroatoms. The summed E-state index contributed by atoms with van der Waals surface area (Å²) in [5, 5.41) is 6.47. The molecule has 1 rings (SSSR count). The van der Waals surface area contributed by atoms with Crippen molar-refractivity contribution in [1.29, 1.82) is 0 Å². The summed E-state index contributed by atoms with van der Waals surface area (Å²) < 4.78 is 27.3. The third-order valence-corrected chi connectivity index (χ3v) is 4.61. The van der Waals surface area contributed by atoms with Gasteiger partial charge in [-0.15, -0.1) is 11.3 Å². The Labute approximate surface area is 110 Å². The van der Waals surface area contributed by atoms with E-state index in [0.29, 0.717) is 25.3 Å². The minimum Gasteiger partial charge on any atom is -0.380 e. The molecule has 102 valence electrons. The summed E-state index contributed by atoms with van der Waals surface area (Å²) in [7, 11) is -2.10. The van der Waals surface area contributed by atoms with Crippen LogP contribution in [0.3, 0.4) is 0 Å². The van der Waals surface area contributed by atoms with Gasteiger partial charge in [0.15, 0.2) is 0 Å². The summed E-state index contributed by atoms with van der Waals surface area (Å²) in [6.07, 6.45) is 0. The summed E-state index contributed by atoms with van der Waals surface area (Å²) in [5.41, 5.74) is 0.322. The molecule has 0 bridgehead atoms. The number of carbonyl (C=O) groups excluding carboxylic acids is 1. The van der Waals surface area contributed by atoms with E-state index < -0.39 is 10.0 Å². The Kier molecular flexibility index (Phi) is 5.27. The first-order valence-corrected chi connectivity index (χ1v) is 7.73. The number of primary sulfonamides is 1. The van der Waals surface area contributed by atoms with E-state index in [1.54, 1.807) is 7.05 Å². The zero-order valence-electron chi connectivity index (χ0n) is 10.3. The monoisotopic (exact) mass is 292 g/mol. The van der Waals surface area contributed by atoms with Crippen molar-refractivity contribution in [2.75, 3.05) is 26.8 Å². The Morgan fingerprint density at radius 3 is 2.72 bits per heavy atom. The van der Waals surface area contributed by atoms with Gasteiger partial charge in [-0.05, 0) is 13.0 Å². The van der Waals surface area contributed by atoms with Gasteiger partial charge in [0.2, 0.25) is 10.0 Å². The van der Waals surface area contributed by atoms with Crippen LogP contribution >= 0.6 is 11.3 Å². The normalized spacial score (nSPS) is 11.5. The Bertz CT molecular complexity index is 510. The lowest BCUT2D eigenvalue weighted by Crippen LogP contribution is -2.29. The van der Waals surface area contributed by atoms with Gasteiger partial charge in [-0.1, -0.05) is 0 Å². The molecule has 0 fully saturated rings. The van der Waals surface area contributed by atoms with Gasteiger partial charge in [0.25, 0.3) is 5.91 Å². The van der Waals surface area contributed by atoms with Gasteiger partial charge in [0.05, 0.1) is 12.2 Å². The number of amides is 1. The standard InChI is InChI=1S/C10H16N2O4S2/c1-3-16-5-4-12(2)10(13)8-6-9(17-7-8)18(11,14)15/h6-7H,3-5H2,1-2H3,(H2,11,14,15). The van der Waals surface area contributed by atoms with Crippen LogP contribution in [0.4, 0.5) is 0 Å². The smallest absolute Gasteiger partial charge is 0.254 e. The molecule has 1 amide bonds. The molecule has 0 aliphatic carbocycles. The zero-order valence-corrected chi connectivity index (χ0v) is 11.9. The summed E-state index contributed by atoms with van der Waals surface area (Å²) >= 11 is 0.939. The number of hydrogen-bond acceptors (Lipinski definition) is 5. The van der Waals surface area contributed by atoms with Crippen molar-refractivity contribution in [3.8, 4) is 0 Å². The molecule has 1 aromatic rings. The van der Waals surface area contributed by atoms with Gasteiger partial charge in [0, 0.05) is 25.6 Å². The SMILES string of the molecule is CCOCCN(C)C(=O)c1csc(S(N)(=O)=O)c1. The number of carbonyl (C=O) groups is 1. The first-order valence-electron chi connectivity index (χ1n) is 5.30. The van der Waals surface area contributed by atoms with Crippen LogP contribution < -0.4 is 5.14 Å². The predicted molar refractivity (Wildman–Crippen MR) is 69.1 cm³/mol. The number of hydrogen-bond donors (Lipinski definition) is 1. The molecule has 0 saturated heterocycles. The van der Waals surface area contributed by atoms with Gasteiger partial charge in [-0.3, -0.25) is 4.79 Å². The summed E-state index contributed by atoms with van der Waals surface area (Å²) in [4.78, 5) is 13.4. The second-order valence-electron chi connectivity index (χ2n) is 3.62. The maximum Gasteiger partial charge on any atom is 0.254 e. The first-order chi connectivity index (χ1) is 8.36. The van der Waals surface area contributed by atoms with Gasteiger partial charge >= 0.3 is 0 Å². The van der Waals surface area contributed by atoms with Gasteiger partial charge in [-0.2, -0.15) is 0 Å². The van der Waals surface area contributed by atoms with Crippen LogP contribution in [0.1, 0.15) is 17.3 Å². The Hall–Kier alpha value is -0.960. The minimum absolute atomic E-state index is 0.0101. The van der Waals surface area contributed by atoms with Crippen molar-refractivity contribution in [2.45, 2.75) is 11.1 Å². The molecule has 0 unspecified atom stereocenters. The highest BCUT2D eigenvalue weighted by Crippen LogP contribution is 2.19. The molecule has 0 aliphatic heterocycles. The quantitative estimate of drug-likeness (QED) is 0.773. The van der Waals surface area contributed by atoms with Gasteiger partial charge in [-0.25, -0.2) is 13.6 Å². The number of likely N-dealkylation sites (N-methyl/N-ethyl adjacent to an activating group) is 1. The van der Waals surface area contributed by atoms with Crippen molar-refractivity contribution in [1.82, 2.24) is 4.90 Å². The molecule has 1 aromatic heterocycles. The molecule has 0 aliphatic rings. The molecule has 0 radical (unpaired) electrons. The molecule has 0 saturated carbocycles. The molecular weight excluding hydrogens is 276 g/mol. The largest absolute Gasteiger partial charge is 0.380 e. The molecule has 0 aromatic carbocycles. The number of rotatable bonds is 6. The van der Waals surface area contributed by atoms with E-state index in [2.05, 4.69) is 0 Å². The van der Waals surface area contributed by atoms with Crippen LogP contribution in [0.25, 0.3) is 0 Å². The Balaban J connectivity index is 2.70. The topological polar surface area (TPSA) is 89.7 Å². The highest BCUT2D eigenvalue weighted by atomic mass is 32.2. The molecule has 2 N–H and O–H groups in total. The van der Waals surface area contributed by atoms with Crippen molar-refractivity contribution in [3.63, 3.8) is 0 Å². The molecule has 1 heterocycles. The first kappa shape index (κ1) is 15.1. The third-order valence-electron chi connectivity index (χ3n) is 2.22. The maximum absolute atomic E-state index is 11.9. The number of ether oxygens (including phenoxy) is 1. The lowest BCUT2D eigenvalue weighted by molar-refractivity contribution is 0.0710. The third kappa shape index (κ3) is 4.05. The van der Waals surface area contributed by atoms with Crippen LogP contribution in [0, 0.1) is 0 Å². The lowest BCUT2D eigenvalue weighted by Gasteiger charge is -2.15. The van der Waals surface area contributed by atoms with E-state index >= 15 is 0 Å². The molecule has 18 heavy (non-hydrogen) atoms. The highest BCUT2D eigenvalue weighted by molar-refractivity contribution is 7.91. The fourth-order valence-corrected chi connectivity index (χ4v) is 2.82. The van der Waals surface area contributed by atoms with E-state index in [-0.39, 0.29) is 10.1 Å². The number of thiophene rings is 1. The Morgan fingerprint density at radius 2 is 2.22 bits per heavy atom. The average molecular weight is 292 g/mol. The molecule has 6 nitrogen and oxygen atoms in total. The summed E-state index contributed by atoms with van der Waals surface area (Å²) in [6, 6.07) is 1.29. The van der Waals surface area contributed by atoms with Crippen molar-refractivity contribution in [3.05, 3.63) is 17.0 Å². The number of nitrogens with two attached hydrogens (primary N) is 1. The van der Waals surface area contributed by atoms with Gasteiger partial charge in [0.1, 0.15) is 4.21 Å². The zero-order chi connectivity index (χ0) is 13.8. The predicted octanol–water partition coefficient (Wildman–Crippen LogP) is 0.504. The van der Waals surface area contributed by atoms with Crippen LogP contribution in [0.5, 0.6) is 0 Å². The lowest BCUT2D eigenvalue weighted by atomic mass is 10.3. The second-order valence-corrected chi connectivity index (χ2v) is 6.32. The molecule has 0 spiro atoms. The maximum atomic E-state index is 11.9. The minimum atomic E-state index is -3.74. The molecular formula is C10H16N2O4S2. The van der Waals surface area contributed by atoms with E-state index in [9.17, 15) is 13.2 Å². The van der Waals surface area contributed by atoms with E-state index in [0.717, 1.165) is 11.3 Å². The molecule has 0 atom stereocenters. The second kappa shape index (κ2) is 6.28. The number of nitrogens with zero attached hydrogens (tertiary/aromatic N) is 1. The van der Waals surface area contributed by atoms with Crippen molar-refractivity contribution < 1.29 is 17.9 Å². The average Bonchev–Trinajstić information content (AvgIpc) is 2.77. The van der Waals surface area contributed by atoms with Gasteiger partial charge < -0.3 is 9.64 Å². The van der Waals surface area contributed by atoms with Crippen LogP contribution in [-0.2, 0) is 14.8 Å². The Morgan fingerprint density at radius 1 is 1.56 bits per heavy atom. The fourth-order valence-electron chi connectivity index (χ4n) is 1.25. The summed E-state index contributed by atoms with van der Waals surface area (Å²) in [5.74, 6) is -0.249. The fraction of sp³-hybridized carbons (Fsp3) is 0.500.